The van der Waals surface area contributed by atoms with Crippen molar-refractivity contribution in [3.63, 3.8) is 0 Å². The predicted octanol–water partition coefficient (Wildman–Crippen LogP) is 4.91. The van der Waals surface area contributed by atoms with Gasteiger partial charge in [0.15, 0.2) is 0 Å². The number of ether oxygens (including phenoxy) is 1. The normalized spacial score (nSPS) is 14.2. The second kappa shape index (κ2) is 11.9. The van der Waals surface area contributed by atoms with Gasteiger partial charge in [-0.25, -0.2) is 9.78 Å². The molecule has 1 aliphatic rings. The third-order valence-corrected chi connectivity index (χ3v) is 7.56. The first-order valence-electron chi connectivity index (χ1n) is 13.4. The molecule has 0 aliphatic carbocycles. The van der Waals surface area contributed by atoms with E-state index in [0.717, 1.165) is 43.0 Å². The summed E-state index contributed by atoms with van der Waals surface area (Å²) in [5, 5.41) is 0.981. The Hall–Kier alpha value is -3.62. The van der Waals surface area contributed by atoms with Crippen molar-refractivity contribution in [1.82, 2.24) is 18.9 Å². The van der Waals surface area contributed by atoms with Crippen LogP contribution in [0, 0.1) is 24.7 Å². The minimum absolute atomic E-state index is 0.120. The molecule has 40 heavy (non-hydrogen) atoms. The lowest BCUT2D eigenvalue weighted by Crippen LogP contribution is -2.49. The summed E-state index contributed by atoms with van der Waals surface area (Å²) >= 11 is 6.81. The zero-order chi connectivity index (χ0) is 29.1. The average Bonchev–Trinajstić information content (AvgIpc) is 3.41. The van der Waals surface area contributed by atoms with Gasteiger partial charge in [0, 0.05) is 24.7 Å². The quantitative estimate of drug-likeness (QED) is 0.223. The smallest absolute Gasteiger partial charge is 0.338 e. The van der Waals surface area contributed by atoms with Crippen LogP contribution in [0.3, 0.4) is 0 Å². The fraction of sp³-hybridized carbons (Fsp3) is 0.406. The lowest BCUT2D eigenvalue weighted by molar-refractivity contribution is 0.00694. The Bertz CT molecular complexity index is 1530. The Kier molecular flexibility index (Phi) is 8.71. The Balaban J connectivity index is 1.72. The Morgan fingerprint density at radius 3 is 2.30 bits per heavy atom. The fourth-order valence-electron chi connectivity index (χ4n) is 5.15. The largest absolute Gasteiger partial charge is 0.456 e. The summed E-state index contributed by atoms with van der Waals surface area (Å²) in [4.78, 5) is 33.1. The molecule has 0 amide bonds. The van der Waals surface area contributed by atoms with Crippen LogP contribution in [0.2, 0.25) is 5.02 Å². The number of halogens is 1. The van der Waals surface area contributed by atoms with Gasteiger partial charge in [-0.15, -0.1) is 12.8 Å². The molecule has 2 aromatic carbocycles. The topological polar surface area (TPSA) is 64.4 Å². The molecule has 0 unspecified atom stereocenters. The van der Waals surface area contributed by atoms with Crippen LogP contribution in [0.4, 0.5) is 5.69 Å². The molecular weight excluding hydrogens is 524 g/mol. The van der Waals surface area contributed by atoms with E-state index in [-0.39, 0.29) is 23.1 Å². The van der Waals surface area contributed by atoms with Crippen molar-refractivity contribution in [1.29, 1.82) is 0 Å². The predicted molar refractivity (Wildman–Crippen MR) is 161 cm³/mol. The van der Waals surface area contributed by atoms with Crippen molar-refractivity contribution >= 4 is 34.2 Å². The van der Waals surface area contributed by atoms with Gasteiger partial charge in [0.25, 0.3) is 5.56 Å². The number of carbonyl (C=O) groups is 1. The van der Waals surface area contributed by atoms with Crippen molar-refractivity contribution in [3.8, 4) is 24.7 Å². The zero-order valence-corrected chi connectivity index (χ0v) is 24.4. The van der Waals surface area contributed by atoms with Crippen molar-refractivity contribution in [3.05, 3.63) is 68.7 Å². The molecular formula is C32H36ClN4O3+. The monoisotopic (exact) mass is 559 g/mol. The van der Waals surface area contributed by atoms with Crippen LogP contribution < -0.4 is 10.0 Å². The second-order valence-corrected chi connectivity index (χ2v) is 11.8. The standard InChI is InChI=1S/C32H36ClN4O3/c1-7-17-37(18-8-2,25-13-11-23(12-14-25)31(39)40-32(3,4)5)22-24-19-26-28(20-27(24)33)34-29(35(6)30(26)38)21-36-15-9-10-16-36/h1-2,11-14,19-20H,9-10,15-18,21-22H2,3-6H3/q+1. The minimum atomic E-state index is -0.601. The fourth-order valence-corrected chi connectivity index (χ4v) is 5.37. The summed E-state index contributed by atoms with van der Waals surface area (Å²) in [6, 6.07) is 10.7. The lowest BCUT2D eigenvalue weighted by Gasteiger charge is -2.35. The van der Waals surface area contributed by atoms with Crippen LogP contribution in [0.5, 0.6) is 0 Å². The molecule has 1 aromatic heterocycles. The molecule has 1 aliphatic heterocycles. The van der Waals surface area contributed by atoms with Crippen LogP contribution in [0.25, 0.3) is 10.9 Å². The number of fused-ring (bicyclic) bond motifs is 1. The van der Waals surface area contributed by atoms with Crippen LogP contribution in [0.1, 0.15) is 55.4 Å². The highest BCUT2D eigenvalue weighted by molar-refractivity contribution is 6.32. The first-order chi connectivity index (χ1) is 19.0. The van der Waals surface area contributed by atoms with E-state index in [4.69, 9.17) is 34.2 Å². The number of esters is 1. The Labute approximate surface area is 241 Å². The van der Waals surface area contributed by atoms with Gasteiger partial charge in [-0.2, -0.15) is 0 Å². The van der Waals surface area contributed by atoms with Gasteiger partial charge in [-0.1, -0.05) is 11.6 Å². The van der Waals surface area contributed by atoms with E-state index >= 15 is 0 Å². The maximum Gasteiger partial charge on any atom is 0.338 e. The number of benzene rings is 2. The van der Waals surface area contributed by atoms with Gasteiger partial charge < -0.3 is 4.74 Å². The van der Waals surface area contributed by atoms with Gasteiger partial charge in [0.2, 0.25) is 0 Å². The molecule has 3 aromatic rings. The number of hydrogen-bond acceptors (Lipinski definition) is 5. The summed E-state index contributed by atoms with van der Waals surface area (Å²) in [6.45, 7) is 9.05. The van der Waals surface area contributed by atoms with E-state index in [0.29, 0.717) is 34.6 Å². The highest BCUT2D eigenvalue weighted by atomic mass is 35.5. The molecule has 2 heterocycles. The van der Waals surface area contributed by atoms with Crippen LogP contribution in [-0.4, -0.2) is 52.2 Å². The first kappa shape index (κ1) is 29.4. The Morgan fingerprint density at radius 1 is 1.10 bits per heavy atom. The maximum atomic E-state index is 13.4. The van der Waals surface area contributed by atoms with Crippen molar-refractivity contribution in [2.24, 2.45) is 7.05 Å². The molecule has 0 radical (unpaired) electrons. The summed E-state index contributed by atoms with van der Waals surface area (Å²) in [5.41, 5.74) is 1.84. The molecule has 8 heteroatoms. The minimum Gasteiger partial charge on any atom is -0.456 e. The number of terminal acetylenes is 2. The number of nitrogens with zero attached hydrogens (tertiary/aromatic N) is 4. The van der Waals surface area contributed by atoms with Crippen molar-refractivity contribution in [2.75, 3.05) is 26.2 Å². The molecule has 4 rings (SSSR count). The number of quaternary nitrogens is 1. The molecule has 0 spiro atoms. The van der Waals surface area contributed by atoms with Crippen LogP contribution in [0.15, 0.2) is 41.2 Å². The van der Waals surface area contributed by atoms with Crippen molar-refractivity contribution < 1.29 is 9.53 Å². The van der Waals surface area contributed by atoms with E-state index in [1.165, 1.54) is 0 Å². The van der Waals surface area contributed by atoms with Gasteiger partial charge in [-0.3, -0.25) is 18.7 Å². The highest BCUT2D eigenvalue weighted by Crippen LogP contribution is 2.31. The molecule has 208 valence electrons. The third-order valence-electron chi connectivity index (χ3n) is 7.21. The maximum absolute atomic E-state index is 13.4. The van der Waals surface area contributed by atoms with E-state index in [9.17, 15) is 9.59 Å². The lowest BCUT2D eigenvalue weighted by atomic mass is 10.1. The van der Waals surface area contributed by atoms with Crippen molar-refractivity contribution in [2.45, 2.75) is 52.3 Å². The molecule has 0 atom stereocenters. The number of carbonyl (C=O) groups excluding carboxylic acids is 1. The average molecular weight is 560 g/mol. The molecule has 1 saturated heterocycles. The number of hydrogen-bond donors (Lipinski definition) is 0. The van der Waals surface area contributed by atoms with Gasteiger partial charge in [0.1, 0.15) is 36.7 Å². The number of likely N-dealkylation sites (tertiary alicyclic amines) is 1. The molecule has 0 bridgehead atoms. The van der Waals surface area contributed by atoms with E-state index in [1.807, 2.05) is 39.0 Å². The number of rotatable bonds is 8. The first-order valence-corrected chi connectivity index (χ1v) is 13.8. The molecule has 1 fully saturated rings. The Morgan fingerprint density at radius 2 is 1.73 bits per heavy atom. The summed E-state index contributed by atoms with van der Waals surface area (Å²) in [6.07, 6.45) is 14.0. The molecule has 7 nitrogen and oxygen atoms in total. The van der Waals surface area contributed by atoms with Gasteiger partial charge in [0.05, 0.1) is 28.0 Å². The third kappa shape index (κ3) is 6.40. The SMILES string of the molecule is C#CC[N+](CC#C)(Cc1cc2c(=O)n(C)c(CN3CCCC3)nc2cc1Cl)c1ccc(C(=O)OC(C)(C)C)cc1. The van der Waals surface area contributed by atoms with E-state index in [1.54, 1.807) is 29.8 Å². The molecule has 0 N–H and O–H groups in total. The summed E-state index contributed by atoms with van der Waals surface area (Å²) < 4.78 is 7.32. The van der Waals surface area contributed by atoms with Gasteiger partial charge >= 0.3 is 5.97 Å². The van der Waals surface area contributed by atoms with E-state index < -0.39 is 11.6 Å². The van der Waals surface area contributed by atoms with Crippen LogP contribution >= 0.6 is 11.6 Å². The number of aromatic nitrogens is 2. The second-order valence-electron chi connectivity index (χ2n) is 11.4. The molecule has 0 saturated carbocycles. The summed E-state index contributed by atoms with van der Waals surface area (Å²) in [7, 11) is 1.76. The van der Waals surface area contributed by atoms with Gasteiger partial charge in [-0.05, 0) is 82.8 Å². The highest BCUT2D eigenvalue weighted by Gasteiger charge is 2.31. The van der Waals surface area contributed by atoms with E-state index in [2.05, 4.69) is 16.7 Å². The van der Waals surface area contributed by atoms with Crippen LogP contribution in [-0.2, 0) is 24.9 Å². The summed E-state index contributed by atoms with van der Waals surface area (Å²) in [5.74, 6) is 5.83. The zero-order valence-electron chi connectivity index (χ0n) is 23.7.